The number of nitrogens with zero attached hydrogens (tertiary/aromatic N) is 2. The number of anilines is 1. The Morgan fingerprint density at radius 2 is 2.20 bits per heavy atom. The quantitative estimate of drug-likeness (QED) is 0.933. The van der Waals surface area contributed by atoms with Crippen LogP contribution in [0.3, 0.4) is 0 Å². The summed E-state index contributed by atoms with van der Waals surface area (Å²) < 4.78 is 7.29. The van der Waals surface area contributed by atoms with Crippen molar-refractivity contribution in [1.82, 2.24) is 9.55 Å². The third kappa shape index (κ3) is 2.39. The van der Waals surface area contributed by atoms with Crippen LogP contribution in [-0.4, -0.2) is 22.6 Å². The van der Waals surface area contributed by atoms with E-state index in [2.05, 4.69) is 14.9 Å². The Kier molecular flexibility index (Phi) is 3.41. The maximum atomic E-state index is 12.3. The molecule has 0 bridgehead atoms. The smallest absolute Gasteiger partial charge is 0.275 e. The molecule has 104 valence electrons. The Bertz CT molecular complexity index is 610. The van der Waals surface area contributed by atoms with E-state index in [1.807, 2.05) is 30.5 Å². The van der Waals surface area contributed by atoms with Gasteiger partial charge in [-0.3, -0.25) is 4.79 Å². The molecule has 0 aliphatic carbocycles. The number of nitrogens with one attached hydrogen (secondary N) is 1. The van der Waals surface area contributed by atoms with E-state index in [-0.39, 0.29) is 5.91 Å². The van der Waals surface area contributed by atoms with Crippen LogP contribution in [0.15, 0.2) is 30.5 Å². The van der Waals surface area contributed by atoms with Crippen LogP contribution in [0.5, 0.6) is 5.75 Å². The lowest BCUT2D eigenvalue weighted by Crippen LogP contribution is -2.13. The molecule has 0 atom stereocenters. The molecule has 2 aromatic rings. The summed E-state index contributed by atoms with van der Waals surface area (Å²) in [5.41, 5.74) is 1.12. The standard InChI is InChI=1S/C15H17N3O2/c1-20-13-7-3-2-6-11(13)17-15(19)12-10-18-9-5-4-8-14(18)16-12/h2-3,6-7,10H,4-5,8-9H2,1H3,(H,17,19). The lowest BCUT2D eigenvalue weighted by atomic mass is 10.2. The molecule has 0 saturated heterocycles. The number of ether oxygens (including phenoxy) is 1. The van der Waals surface area contributed by atoms with Crippen molar-refractivity contribution in [2.75, 3.05) is 12.4 Å². The fraction of sp³-hybridized carbons (Fsp3) is 0.333. The molecule has 3 rings (SSSR count). The van der Waals surface area contributed by atoms with E-state index in [9.17, 15) is 4.79 Å². The second kappa shape index (κ2) is 5.36. The van der Waals surface area contributed by atoms with Gasteiger partial charge in [0.2, 0.25) is 0 Å². The van der Waals surface area contributed by atoms with Gasteiger partial charge in [0.05, 0.1) is 12.8 Å². The number of aromatic nitrogens is 2. The highest BCUT2D eigenvalue weighted by Gasteiger charge is 2.17. The van der Waals surface area contributed by atoms with Crippen LogP contribution in [0.1, 0.15) is 29.2 Å². The summed E-state index contributed by atoms with van der Waals surface area (Å²) in [6.07, 6.45) is 5.07. The van der Waals surface area contributed by atoms with E-state index in [1.165, 1.54) is 0 Å². The molecule has 2 heterocycles. The van der Waals surface area contributed by atoms with Gasteiger partial charge in [-0.05, 0) is 25.0 Å². The van der Waals surface area contributed by atoms with Crippen LogP contribution in [0.2, 0.25) is 0 Å². The highest BCUT2D eigenvalue weighted by atomic mass is 16.5. The summed E-state index contributed by atoms with van der Waals surface area (Å²) in [6.45, 7) is 0.949. The van der Waals surface area contributed by atoms with Crippen molar-refractivity contribution < 1.29 is 9.53 Å². The van der Waals surface area contributed by atoms with Crippen LogP contribution in [0.4, 0.5) is 5.69 Å². The molecule has 0 spiro atoms. The zero-order chi connectivity index (χ0) is 13.9. The number of para-hydroxylation sites is 2. The second-order valence-corrected chi connectivity index (χ2v) is 4.85. The van der Waals surface area contributed by atoms with Crippen molar-refractivity contribution in [1.29, 1.82) is 0 Å². The molecule has 0 radical (unpaired) electrons. The molecule has 1 aliphatic heterocycles. The molecular weight excluding hydrogens is 254 g/mol. The summed E-state index contributed by atoms with van der Waals surface area (Å²) in [5.74, 6) is 1.45. The number of hydrogen-bond donors (Lipinski definition) is 1. The van der Waals surface area contributed by atoms with E-state index < -0.39 is 0 Å². The number of carbonyl (C=O) groups excluding carboxylic acids is 1. The Morgan fingerprint density at radius 3 is 3.00 bits per heavy atom. The van der Waals surface area contributed by atoms with Gasteiger partial charge in [-0.2, -0.15) is 0 Å². The number of methoxy groups -OCH3 is 1. The van der Waals surface area contributed by atoms with Crippen LogP contribution in [-0.2, 0) is 13.0 Å². The summed E-state index contributed by atoms with van der Waals surface area (Å²) in [7, 11) is 1.58. The van der Waals surface area contributed by atoms with E-state index in [1.54, 1.807) is 7.11 Å². The SMILES string of the molecule is COc1ccccc1NC(=O)c1cn2c(n1)CCCC2. The van der Waals surface area contributed by atoms with Crippen molar-refractivity contribution in [3.8, 4) is 5.75 Å². The highest BCUT2D eigenvalue weighted by Crippen LogP contribution is 2.24. The van der Waals surface area contributed by atoms with Crippen LogP contribution in [0, 0.1) is 0 Å². The van der Waals surface area contributed by atoms with Crippen molar-refractivity contribution in [3.05, 3.63) is 42.0 Å². The topological polar surface area (TPSA) is 56.1 Å². The van der Waals surface area contributed by atoms with Gasteiger partial charge < -0.3 is 14.6 Å². The number of imidazole rings is 1. The van der Waals surface area contributed by atoms with Gasteiger partial charge in [0, 0.05) is 19.2 Å². The van der Waals surface area contributed by atoms with Crippen LogP contribution in [0.25, 0.3) is 0 Å². The minimum Gasteiger partial charge on any atom is -0.495 e. The number of carbonyl (C=O) groups is 1. The number of amides is 1. The van der Waals surface area contributed by atoms with E-state index >= 15 is 0 Å². The third-order valence-electron chi connectivity index (χ3n) is 3.50. The Balaban J connectivity index is 1.81. The molecule has 0 fully saturated rings. The predicted molar refractivity (Wildman–Crippen MR) is 76.1 cm³/mol. The summed E-state index contributed by atoms with van der Waals surface area (Å²) >= 11 is 0. The van der Waals surface area contributed by atoms with E-state index in [0.717, 1.165) is 31.6 Å². The van der Waals surface area contributed by atoms with Gasteiger partial charge in [-0.15, -0.1) is 0 Å². The molecule has 5 nitrogen and oxygen atoms in total. The Labute approximate surface area is 117 Å². The summed E-state index contributed by atoms with van der Waals surface area (Å²) in [6, 6.07) is 7.35. The van der Waals surface area contributed by atoms with Crippen molar-refractivity contribution in [2.45, 2.75) is 25.8 Å². The number of hydrogen-bond acceptors (Lipinski definition) is 3. The van der Waals surface area contributed by atoms with Gasteiger partial charge >= 0.3 is 0 Å². The number of aryl methyl sites for hydroxylation is 2. The lowest BCUT2D eigenvalue weighted by molar-refractivity contribution is 0.102. The first-order valence-corrected chi connectivity index (χ1v) is 6.78. The average Bonchev–Trinajstić information content (AvgIpc) is 2.92. The molecular formula is C15H17N3O2. The van der Waals surface area contributed by atoms with E-state index in [4.69, 9.17) is 4.74 Å². The largest absolute Gasteiger partial charge is 0.495 e. The second-order valence-electron chi connectivity index (χ2n) is 4.85. The van der Waals surface area contributed by atoms with E-state index in [0.29, 0.717) is 17.1 Å². The molecule has 1 amide bonds. The maximum Gasteiger partial charge on any atom is 0.275 e. The molecule has 20 heavy (non-hydrogen) atoms. The number of fused-ring (bicyclic) bond motifs is 1. The van der Waals surface area contributed by atoms with Crippen molar-refractivity contribution in [2.24, 2.45) is 0 Å². The lowest BCUT2D eigenvalue weighted by Gasteiger charge is -2.11. The average molecular weight is 271 g/mol. The van der Waals surface area contributed by atoms with Gasteiger partial charge in [0.1, 0.15) is 17.3 Å². The van der Waals surface area contributed by atoms with Crippen molar-refractivity contribution >= 4 is 11.6 Å². The van der Waals surface area contributed by atoms with Crippen molar-refractivity contribution in [3.63, 3.8) is 0 Å². The fourth-order valence-electron chi connectivity index (χ4n) is 2.46. The maximum absolute atomic E-state index is 12.3. The number of rotatable bonds is 3. The molecule has 1 N–H and O–H groups in total. The molecule has 0 saturated carbocycles. The van der Waals surface area contributed by atoms with Crippen LogP contribution >= 0.6 is 0 Å². The molecule has 1 aromatic heterocycles. The highest BCUT2D eigenvalue weighted by molar-refractivity contribution is 6.03. The Hall–Kier alpha value is -2.30. The first-order valence-electron chi connectivity index (χ1n) is 6.78. The summed E-state index contributed by atoms with van der Waals surface area (Å²) in [4.78, 5) is 16.7. The Morgan fingerprint density at radius 1 is 1.35 bits per heavy atom. The zero-order valence-corrected chi connectivity index (χ0v) is 11.4. The fourth-order valence-corrected chi connectivity index (χ4v) is 2.46. The van der Waals surface area contributed by atoms with Gasteiger partial charge in [-0.25, -0.2) is 4.98 Å². The molecule has 1 aromatic carbocycles. The zero-order valence-electron chi connectivity index (χ0n) is 11.4. The van der Waals surface area contributed by atoms with Gasteiger partial charge in [0.15, 0.2) is 0 Å². The van der Waals surface area contributed by atoms with Crippen LogP contribution < -0.4 is 10.1 Å². The minimum absolute atomic E-state index is 0.198. The first-order chi connectivity index (χ1) is 9.78. The molecule has 1 aliphatic rings. The predicted octanol–water partition coefficient (Wildman–Crippen LogP) is 2.48. The first kappa shape index (κ1) is 12.7. The van der Waals surface area contributed by atoms with Gasteiger partial charge in [-0.1, -0.05) is 12.1 Å². The molecule has 5 heteroatoms. The molecule has 0 unspecified atom stereocenters. The third-order valence-corrected chi connectivity index (χ3v) is 3.50. The monoisotopic (exact) mass is 271 g/mol. The van der Waals surface area contributed by atoms with Gasteiger partial charge in [0.25, 0.3) is 5.91 Å². The minimum atomic E-state index is -0.198. The normalized spacial score (nSPS) is 13.7. The number of benzene rings is 1. The summed E-state index contributed by atoms with van der Waals surface area (Å²) in [5, 5.41) is 2.85.